The Hall–Kier alpha value is -1.50. The number of carboxylic acids is 1. The summed E-state index contributed by atoms with van der Waals surface area (Å²) < 4.78 is 1.06. The monoisotopic (exact) mass is 379 g/mol. The number of carbonyl (C=O) groups is 1. The number of thiophene rings is 1. The summed E-state index contributed by atoms with van der Waals surface area (Å²) in [5.41, 5.74) is 2.37. The smallest absolute Gasteiger partial charge is 0.336 e. The molecule has 0 radical (unpaired) electrons. The van der Waals surface area contributed by atoms with E-state index in [0.29, 0.717) is 5.56 Å². The van der Waals surface area contributed by atoms with E-state index in [0.717, 1.165) is 26.5 Å². The first-order chi connectivity index (χ1) is 10.1. The second-order valence-corrected chi connectivity index (χ2v) is 7.20. The van der Waals surface area contributed by atoms with Gasteiger partial charge in [-0.15, -0.1) is 22.7 Å². The van der Waals surface area contributed by atoms with Crippen molar-refractivity contribution in [2.75, 3.05) is 0 Å². The van der Waals surface area contributed by atoms with Crippen LogP contribution in [0, 0.1) is 0 Å². The molecular weight excluding hydrogens is 370 g/mol. The largest absolute Gasteiger partial charge is 0.478 e. The zero-order valence-electron chi connectivity index (χ0n) is 10.7. The van der Waals surface area contributed by atoms with E-state index in [2.05, 4.69) is 33.0 Å². The molecule has 0 aliphatic carbocycles. The molecule has 0 saturated heterocycles. The van der Waals surface area contributed by atoms with Crippen LogP contribution in [-0.4, -0.2) is 16.1 Å². The van der Waals surface area contributed by atoms with Crippen LogP contribution in [0.2, 0.25) is 0 Å². The predicted octanol–water partition coefficient (Wildman–Crippen LogP) is 4.92. The molecule has 0 amide bonds. The Morgan fingerprint density at radius 2 is 1.95 bits per heavy atom. The van der Waals surface area contributed by atoms with Gasteiger partial charge in [0, 0.05) is 21.7 Å². The van der Waals surface area contributed by atoms with Crippen LogP contribution in [0.15, 0.2) is 45.6 Å². The van der Waals surface area contributed by atoms with Crippen molar-refractivity contribution in [2.24, 2.45) is 0 Å². The maximum Gasteiger partial charge on any atom is 0.336 e. The van der Waals surface area contributed by atoms with Crippen LogP contribution >= 0.6 is 38.6 Å². The normalized spacial score (nSPS) is 10.7. The highest BCUT2D eigenvalue weighted by Crippen LogP contribution is 2.29. The zero-order chi connectivity index (χ0) is 14.8. The summed E-state index contributed by atoms with van der Waals surface area (Å²) in [6, 6.07) is 9.84. The topological polar surface area (TPSA) is 50.2 Å². The van der Waals surface area contributed by atoms with E-state index >= 15 is 0 Å². The van der Waals surface area contributed by atoms with Crippen molar-refractivity contribution >= 4 is 44.6 Å². The lowest BCUT2D eigenvalue weighted by molar-refractivity contribution is 0.0697. The van der Waals surface area contributed by atoms with E-state index in [1.165, 1.54) is 16.9 Å². The molecule has 0 atom stereocenters. The van der Waals surface area contributed by atoms with E-state index in [1.807, 2.05) is 17.5 Å². The molecule has 0 saturated carbocycles. The highest BCUT2D eigenvalue weighted by molar-refractivity contribution is 9.10. The van der Waals surface area contributed by atoms with Gasteiger partial charge in [-0.2, -0.15) is 0 Å². The molecule has 2 aromatic heterocycles. The molecule has 3 rings (SSSR count). The Labute approximate surface area is 138 Å². The minimum Gasteiger partial charge on any atom is -0.478 e. The number of halogens is 1. The lowest BCUT2D eigenvalue weighted by Crippen LogP contribution is -1.91. The average Bonchev–Trinajstić information content (AvgIpc) is 3.10. The first-order valence-corrected chi connectivity index (χ1v) is 8.68. The summed E-state index contributed by atoms with van der Waals surface area (Å²) >= 11 is 6.43. The van der Waals surface area contributed by atoms with Crippen LogP contribution in [0.25, 0.3) is 10.6 Å². The third-order valence-corrected chi connectivity index (χ3v) is 5.25. The van der Waals surface area contributed by atoms with Crippen molar-refractivity contribution in [1.82, 2.24) is 4.98 Å². The Morgan fingerprint density at radius 3 is 2.62 bits per heavy atom. The molecular formula is C15H10BrNO2S2. The van der Waals surface area contributed by atoms with E-state index in [-0.39, 0.29) is 0 Å². The van der Waals surface area contributed by atoms with Crippen molar-refractivity contribution < 1.29 is 9.90 Å². The molecule has 21 heavy (non-hydrogen) atoms. The molecule has 2 heterocycles. The van der Waals surface area contributed by atoms with E-state index in [9.17, 15) is 4.79 Å². The first kappa shape index (κ1) is 14.4. The quantitative estimate of drug-likeness (QED) is 0.699. The molecule has 106 valence electrons. The molecule has 3 nitrogen and oxygen atoms in total. The van der Waals surface area contributed by atoms with Gasteiger partial charge in [-0.05, 0) is 23.8 Å². The van der Waals surface area contributed by atoms with E-state index in [4.69, 9.17) is 5.11 Å². The Balaban J connectivity index is 1.79. The van der Waals surface area contributed by atoms with Crippen molar-refractivity contribution in [1.29, 1.82) is 0 Å². The van der Waals surface area contributed by atoms with Gasteiger partial charge in [0.15, 0.2) is 0 Å². The van der Waals surface area contributed by atoms with Crippen molar-refractivity contribution in [3.63, 3.8) is 0 Å². The van der Waals surface area contributed by atoms with Gasteiger partial charge >= 0.3 is 5.97 Å². The summed E-state index contributed by atoms with van der Waals surface area (Å²) in [7, 11) is 0. The molecule has 0 aliphatic heterocycles. The van der Waals surface area contributed by atoms with Gasteiger partial charge in [-0.3, -0.25) is 0 Å². The van der Waals surface area contributed by atoms with Gasteiger partial charge in [0.25, 0.3) is 0 Å². The van der Waals surface area contributed by atoms with Gasteiger partial charge < -0.3 is 5.11 Å². The number of carboxylic acid groups (broad SMARTS) is 1. The van der Waals surface area contributed by atoms with Crippen LogP contribution in [-0.2, 0) is 6.42 Å². The summed E-state index contributed by atoms with van der Waals surface area (Å²) in [6.07, 6.45) is 0.787. The maximum atomic E-state index is 10.9. The lowest BCUT2D eigenvalue weighted by atomic mass is 10.2. The van der Waals surface area contributed by atoms with Crippen LogP contribution < -0.4 is 0 Å². The van der Waals surface area contributed by atoms with Gasteiger partial charge in [0.2, 0.25) is 0 Å². The van der Waals surface area contributed by atoms with Crippen LogP contribution in [0.3, 0.4) is 0 Å². The third-order valence-electron chi connectivity index (χ3n) is 2.92. The molecule has 3 aromatic rings. The summed E-state index contributed by atoms with van der Waals surface area (Å²) in [5.74, 6) is -0.900. The third kappa shape index (κ3) is 3.40. The van der Waals surface area contributed by atoms with E-state index < -0.39 is 5.97 Å². The molecule has 0 aliphatic rings. The highest BCUT2D eigenvalue weighted by Gasteiger charge is 2.11. The molecule has 0 bridgehead atoms. The number of hydrogen-bond donors (Lipinski definition) is 1. The Bertz CT molecular complexity index is 777. The maximum absolute atomic E-state index is 10.9. The number of aromatic nitrogens is 1. The average molecular weight is 380 g/mol. The molecule has 1 N–H and O–H groups in total. The minimum absolute atomic E-state index is 0.317. The summed E-state index contributed by atoms with van der Waals surface area (Å²) in [4.78, 5) is 16.4. The molecule has 0 fully saturated rings. The van der Waals surface area contributed by atoms with Crippen LogP contribution in [0.4, 0.5) is 0 Å². The SMILES string of the molecule is O=C(O)c1csc(-c2csc(Cc3ccc(Br)cc3)n2)c1. The number of thiazole rings is 1. The molecule has 0 unspecified atom stereocenters. The molecule has 0 spiro atoms. The number of benzene rings is 1. The second kappa shape index (κ2) is 6.09. The number of rotatable bonds is 4. The van der Waals surface area contributed by atoms with Gasteiger partial charge in [-0.1, -0.05) is 28.1 Å². The van der Waals surface area contributed by atoms with Crippen molar-refractivity contribution in [3.8, 4) is 10.6 Å². The molecule has 1 aromatic carbocycles. The number of hydrogen-bond acceptors (Lipinski definition) is 4. The minimum atomic E-state index is -0.900. The first-order valence-electron chi connectivity index (χ1n) is 6.13. The Morgan fingerprint density at radius 1 is 1.19 bits per heavy atom. The van der Waals surface area contributed by atoms with Crippen molar-refractivity contribution in [2.45, 2.75) is 6.42 Å². The fraction of sp³-hybridized carbons (Fsp3) is 0.0667. The van der Waals surface area contributed by atoms with E-state index in [1.54, 1.807) is 22.8 Å². The van der Waals surface area contributed by atoms with Gasteiger partial charge in [0.1, 0.15) is 0 Å². The fourth-order valence-electron chi connectivity index (χ4n) is 1.86. The highest BCUT2D eigenvalue weighted by atomic mass is 79.9. The molecule has 6 heteroatoms. The standard InChI is InChI=1S/C15H10BrNO2S2/c16-11-3-1-9(2-4-11)5-14-17-12(8-21-14)13-6-10(7-20-13)15(18)19/h1-4,6-8H,5H2,(H,18,19). The van der Waals surface area contributed by atoms with Crippen LogP contribution in [0.1, 0.15) is 20.9 Å². The van der Waals surface area contributed by atoms with Crippen molar-refractivity contribution in [3.05, 3.63) is 61.7 Å². The number of nitrogens with zero attached hydrogens (tertiary/aromatic N) is 1. The number of aromatic carboxylic acids is 1. The summed E-state index contributed by atoms with van der Waals surface area (Å²) in [6.45, 7) is 0. The van der Waals surface area contributed by atoms with Gasteiger partial charge in [-0.25, -0.2) is 9.78 Å². The Kier molecular flexibility index (Phi) is 4.19. The summed E-state index contributed by atoms with van der Waals surface area (Å²) in [5, 5.41) is 13.6. The fourth-order valence-corrected chi connectivity index (χ4v) is 3.88. The second-order valence-electron chi connectivity index (χ2n) is 4.43. The predicted molar refractivity (Wildman–Crippen MR) is 89.3 cm³/mol. The zero-order valence-corrected chi connectivity index (χ0v) is 14.0. The lowest BCUT2D eigenvalue weighted by Gasteiger charge is -1.97. The van der Waals surface area contributed by atoms with Crippen LogP contribution in [0.5, 0.6) is 0 Å². The van der Waals surface area contributed by atoms with Gasteiger partial charge in [0.05, 0.1) is 21.1 Å².